The fourth-order valence-corrected chi connectivity index (χ4v) is 2.15. The summed E-state index contributed by atoms with van der Waals surface area (Å²) in [6.45, 7) is 2.42. The third-order valence-corrected chi connectivity index (χ3v) is 3.42. The summed E-state index contributed by atoms with van der Waals surface area (Å²) in [5.74, 6) is -0.0954. The largest absolute Gasteiger partial charge is 0.393 e. The van der Waals surface area contributed by atoms with Crippen LogP contribution in [0.2, 0.25) is 0 Å². The molecule has 4 heteroatoms. The van der Waals surface area contributed by atoms with Gasteiger partial charge < -0.3 is 15.0 Å². The van der Waals surface area contributed by atoms with E-state index in [4.69, 9.17) is 0 Å². The minimum atomic E-state index is -0.340. The van der Waals surface area contributed by atoms with Gasteiger partial charge in [-0.3, -0.25) is 4.79 Å². The summed E-state index contributed by atoms with van der Waals surface area (Å²) in [6.07, 6.45) is 0.962. The molecule has 102 valence electrons. The number of aliphatic hydroxyl groups is 1. The number of hydrogen-bond acceptors (Lipinski definition) is 2. The number of hydrogen-bond donors (Lipinski definition) is 2. The van der Waals surface area contributed by atoms with Crippen molar-refractivity contribution in [1.82, 2.24) is 9.88 Å². The van der Waals surface area contributed by atoms with Gasteiger partial charge in [-0.05, 0) is 25.0 Å². The predicted octanol–water partition coefficient (Wildman–Crippen LogP) is 2.07. The van der Waals surface area contributed by atoms with E-state index in [1.807, 2.05) is 48.9 Å². The van der Waals surface area contributed by atoms with Gasteiger partial charge in [-0.15, -0.1) is 0 Å². The lowest BCUT2D eigenvalue weighted by molar-refractivity contribution is 0.0934. The lowest BCUT2D eigenvalue weighted by Crippen LogP contribution is -2.28. The molecule has 2 rings (SSSR count). The third-order valence-electron chi connectivity index (χ3n) is 3.42. The Morgan fingerprint density at radius 1 is 1.42 bits per heavy atom. The molecular formula is C15H20N2O2. The number of benzene rings is 1. The molecule has 0 radical (unpaired) electrons. The average molecular weight is 260 g/mol. The van der Waals surface area contributed by atoms with Gasteiger partial charge in [0.25, 0.3) is 5.91 Å². The van der Waals surface area contributed by atoms with Crippen molar-refractivity contribution < 1.29 is 9.90 Å². The molecule has 0 aliphatic rings. The highest BCUT2D eigenvalue weighted by molar-refractivity contribution is 5.98. The number of para-hydroxylation sites is 1. The van der Waals surface area contributed by atoms with E-state index in [2.05, 4.69) is 5.32 Å². The maximum Gasteiger partial charge on any atom is 0.267 e. The Labute approximate surface area is 113 Å². The van der Waals surface area contributed by atoms with E-state index < -0.39 is 0 Å². The van der Waals surface area contributed by atoms with Crippen LogP contribution in [0.25, 0.3) is 10.9 Å². The molecule has 0 saturated heterocycles. The molecular weight excluding hydrogens is 240 g/mol. The molecule has 0 spiro atoms. The molecule has 1 heterocycles. The molecule has 0 saturated carbocycles. The topological polar surface area (TPSA) is 54.3 Å². The molecule has 4 nitrogen and oxygen atoms in total. The highest BCUT2D eigenvalue weighted by atomic mass is 16.3. The van der Waals surface area contributed by atoms with Crippen LogP contribution in [0.1, 0.15) is 30.3 Å². The predicted molar refractivity (Wildman–Crippen MR) is 76.2 cm³/mol. The Morgan fingerprint density at radius 2 is 2.16 bits per heavy atom. The molecule has 1 aromatic carbocycles. The molecule has 0 aliphatic heterocycles. The van der Waals surface area contributed by atoms with Crippen molar-refractivity contribution in [2.24, 2.45) is 7.05 Å². The van der Waals surface area contributed by atoms with E-state index >= 15 is 0 Å². The molecule has 1 amide bonds. The summed E-state index contributed by atoms with van der Waals surface area (Å²) in [5.41, 5.74) is 1.69. The van der Waals surface area contributed by atoms with Gasteiger partial charge in [-0.25, -0.2) is 0 Å². The van der Waals surface area contributed by atoms with Gasteiger partial charge in [-0.2, -0.15) is 0 Å². The molecule has 2 N–H and O–H groups in total. The molecule has 1 unspecified atom stereocenters. The molecule has 0 aliphatic carbocycles. The van der Waals surface area contributed by atoms with E-state index in [1.165, 1.54) is 0 Å². The number of aryl methyl sites for hydroxylation is 1. The number of aromatic nitrogens is 1. The zero-order chi connectivity index (χ0) is 13.8. The minimum Gasteiger partial charge on any atom is -0.393 e. The van der Waals surface area contributed by atoms with Gasteiger partial charge in [0, 0.05) is 24.5 Å². The number of amides is 1. The van der Waals surface area contributed by atoms with Crippen LogP contribution >= 0.6 is 0 Å². The maximum atomic E-state index is 12.1. The van der Waals surface area contributed by atoms with Crippen molar-refractivity contribution in [2.45, 2.75) is 25.9 Å². The van der Waals surface area contributed by atoms with Crippen LogP contribution in [-0.4, -0.2) is 28.2 Å². The van der Waals surface area contributed by atoms with Crippen LogP contribution in [0.5, 0.6) is 0 Å². The first-order valence-corrected chi connectivity index (χ1v) is 6.64. The Morgan fingerprint density at radius 3 is 2.84 bits per heavy atom. The van der Waals surface area contributed by atoms with Gasteiger partial charge in [0.05, 0.1) is 6.10 Å². The van der Waals surface area contributed by atoms with E-state index in [0.29, 0.717) is 25.1 Å². The molecule has 0 bridgehead atoms. The number of carbonyl (C=O) groups is 1. The second-order valence-corrected chi connectivity index (χ2v) is 4.75. The maximum absolute atomic E-state index is 12.1. The Kier molecular flexibility index (Phi) is 4.22. The average Bonchev–Trinajstić information content (AvgIpc) is 2.76. The summed E-state index contributed by atoms with van der Waals surface area (Å²) in [4.78, 5) is 12.1. The van der Waals surface area contributed by atoms with Crippen molar-refractivity contribution in [3.05, 3.63) is 36.0 Å². The van der Waals surface area contributed by atoms with Crippen LogP contribution in [0.15, 0.2) is 30.3 Å². The van der Waals surface area contributed by atoms with Gasteiger partial charge >= 0.3 is 0 Å². The molecule has 0 fully saturated rings. The fraction of sp³-hybridized carbons (Fsp3) is 0.400. The lowest BCUT2D eigenvalue weighted by Gasteiger charge is -2.09. The normalized spacial score (nSPS) is 12.6. The first kappa shape index (κ1) is 13.6. The van der Waals surface area contributed by atoms with Crippen LogP contribution in [0.3, 0.4) is 0 Å². The van der Waals surface area contributed by atoms with E-state index in [0.717, 1.165) is 10.9 Å². The standard InChI is InChI=1S/C15H20N2O2/c1-3-12(18)8-9-16-15(19)14-10-11-6-4-5-7-13(11)17(14)2/h4-7,10,12,18H,3,8-9H2,1-2H3,(H,16,19). The smallest absolute Gasteiger partial charge is 0.267 e. The second-order valence-electron chi connectivity index (χ2n) is 4.75. The first-order valence-electron chi connectivity index (χ1n) is 6.64. The van der Waals surface area contributed by atoms with Gasteiger partial charge in [0.2, 0.25) is 0 Å². The Hall–Kier alpha value is -1.81. The van der Waals surface area contributed by atoms with Crippen LogP contribution in [-0.2, 0) is 7.05 Å². The quantitative estimate of drug-likeness (QED) is 0.864. The highest BCUT2D eigenvalue weighted by Crippen LogP contribution is 2.18. The van der Waals surface area contributed by atoms with E-state index in [1.54, 1.807) is 0 Å². The van der Waals surface area contributed by atoms with Crippen molar-refractivity contribution in [3.8, 4) is 0 Å². The number of carbonyl (C=O) groups excluding carboxylic acids is 1. The summed E-state index contributed by atoms with van der Waals surface area (Å²) in [6, 6.07) is 9.80. The zero-order valence-corrected chi connectivity index (χ0v) is 11.4. The minimum absolute atomic E-state index is 0.0954. The van der Waals surface area contributed by atoms with Crippen LogP contribution < -0.4 is 5.32 Å². The molecule has 1 aromatic heterocycles. The third kappa shape index (κ3) is 2.96. The van der Waals surface area contributed by atoms with Crippen molar-refractivity contribution in [2.75, 3.05) is 6.54 Å². The van der Waals surface area contributed by atoms with Crippen molar-refractivity contribution in [3.63, 3.8) is 0 Å². The van der Waals surface area contributed by atoms with E-state index in [9.17, 15) is 9.90 Å². The Bertz CT molecular complexity index is 575. The number of fused-ring (bicyclic) bond motifs is 1. The summed E-state index contributed by atoms with van der Waals surface area (Å²) in [5, 5.41) is 13.4. The fourth-order valence-electron chi connectivity index (χ4n) is 2.15. The van der Waals surface area contributed by atoms with Crippen LogP contribution in [0.4, 0.5) is 0 Å². The lowest BCUT2D eigenvalue weighted by atomic mass is 10.2. The molecule has 19 heavy (non-hydrogen) atoms. The number of nitrogens with one attached hydrogen (secondary N) is 1. The van der Waals surface area contributed by atoms with Gasteiger partial charge in [0.15, 0.2) is 0 Å². The summed E-state index contributed by atoms with van der Waals surface area (Å²) < 4.78 is 1.89. The second kappa shape index (κ2) is 5.89. The number of aliphatic hydroxyl groups excluding tert-OH is 1. The summed E-state index contributed by atoms with van der Waals surface area (Å²) in [7, 11) is 1.89. The molecule has 2 aromatic rings. The SMILES string of the molecule is CCC(O)CCNC(=O)c1cc2ccccc2n1C. The highest BCUT2D eigenvalue weighted by Gasteiger charge is 2.12. The summed E-state index contributed by atoms with van der Waals surface area (Å²) >= 11 is 0. The van der Waals surface area contributed by atoms with E-state index in [-0.39, 0.29) is 12.0 Å². The zero-order valence-electron chi connectivity index (χ0n) is 11.4. The van der Waals surface area contributed by atoms with Gasteiger partial charge in [-0.1, -0.05) is 25.1 Å². The van der Waals surface area contributed by atoms with Crippen LogP contribution in [0, 0.1) is 0 Å². The first-order chi connectivity index (χ1) is 9.13. The Balaban J connectivity index is 2.07. The van der Waals surface area contributed by atoms with Gasteiger partial charge in [0.1, 0.15) is 5.69 Å². The number of nitrogens with zero attached hydrogens (tertiary/aromatic N) is 1. The molecule has 1 atom stereocenters. The van der Waals surface area contributed by atoms with Crippen molar-refractivity contribution in [1.29, 1.82) is 0 Å². The monoisotopic (exact) mass is 260 g/mol. The number of rotatable bonds is 5. The van der Waals surface area contributed by atoms with Crippen molar-refractivity contribution >= 4 is 16.8 Å².